The second-order valence-electron chi connectivity index (χ2n) is 4.21. The Balaban J connectivity index is 2.07. The van der Waals surface area contributed by atoms with Crippen LogP contribution in [0.4, 0.5) is 20.4 Å². The Hall–Kier alpha value is -2.09. The van der Waals surface area contributed by atoms with Crippen molar-refractivity contribution >= 4 is 23.4 Å². The molecule has 0 unspecified atom stereocenters. The SMILES string of the molecule is C[C@@H](Sc1nc(N)cc(N)n1)c1ccc(OC(F)F)cc1. The number of anilines is 2. The summed E-state index contributed by atoms with van der Waals surface area (Å²) in [4.78, 5) is 8.16. The predicted molar refractivity (Wildman–Crippen MR) is 78.2 cm³/mol. The van der Waals surface area contributed by atoms with Crippen LogP contribution in [0.2, 0.25) is 0 Å². The van der Waals surface area contributed by atoms with E-state index < -0.39 is 6.61 Å². The molecule has 1 atom stereocenters. The summed E-state index contributed by atoms with van der Waals surface area (Å²) in [6.07, 6.45) is 0. The van der Waals surface area contributed by atoms with Gasteiger partial charge in [-0.05, 0) is 24.6 Å². The molecule has 0 bridgehead atoms. The normalized spacial score (nSPS) is 12.4. The van der Waals surface area contributed by atoms with Crippen LogP contribution in [0.25, 0.3) is 0 Å². The number of alkyl halides is 2. The second-order valence-corrected chi connectivity index (χ2v) is 5.52. The summed E-state index contributed by atoms with van der Waals surface area (Å²) in [5, 5.41) is 0.472. The van der Waals surface area contributed by atoms with Crippen molar-refractivity contribution in [1.82, 2.24) is 9.97 Å². The number of benzene rings is 1. The van der Waals surface area contributed by atoms with Gasteiger partial charge in [0, 0.05) is 11.3 Å². The molecule has 0 aliphatic heterocycles. The van der Waals surface area contributed by atoms with E-state index >= 15 is 0 Å². The van der Waals surface area contributed by atoms with Crippen LogP contribution in [0.1, 0.15) is 17.7 Å². The fourth-order valence-electron chi connectivity index (χ4n) is 1.66. The number of nitrogens with zero attached hydrogens (tertiary/aromatic N) is 2. The molecule has 0 spiro atoms. The number of nitrogen functional groups attached to an aromatic ring is 2. The first-order valence-electron chi connectivity index (χ1n) is 6.05. The van der Waals surface area contributed by atoms with Crippen LogP contribution in [0, 0.1) is 0 Å². The molecule has 0 aliphatic rings. The maximum absolute atomic E-state index is 12.1. The van der Waals surface area contributed by atoms with Gasteiger partial charge in [-0.2, -0.15) is 8.78 Å². The van der Waals surface area contributed by atoms with Crippen LogP contribution in [-0.4, -0.2) is 16.6 Å². The van der Waals surface area contributed by atoms with Crippen LogP contribution in [0.15, 0.2) is 35.5 Å². The van der Waals surface area contributed by atoms with Crippen LogP contribution in [-0.2, 0) is 0 Å². The molecule has 0 amide bonds. The highest BCUT2D eigenvalue weighted by molar-refractivity contribution is 7.99. The summed E-state index contributed by atoms with van der Waals surface area (Å²) in [5.41, 5.74) is 12.1. The molecule has 2 aromatic rings. The van der Waals surface area contributed by atoms with Crippen LogP contribution in [0.5, 0.6) is 5.75 Å². The van der Waals surface area contributed by atoms with Crippen LogP contribution < -0.4 is 16.2 Å². The molecule has 4 N–H and O–H groups in total. The van der Waals surface area contributed by atoms with Crippen molar-refractivity contribution in [2.24, 2.45) is 0 Å². The average Bonchev–Trinajstić information content (AvgIpc) is 2.37. The average molecular weight is 312 g/mol. The lowest BCUT2D eigenvalue weighted by molar-refractivity contribution is -0.0498. The number of rotatable bonds is 5. The molecule has 1 aromatic carbocycles. The van der Waals surface area contributed by atoms with E-state index in [1.807, 2.05) is 6.92 Å². The lowest BCUT2D eigenvalue weighted by Crippen LogP contribution is -2.02. The van der Waals surface area contributed by atoms with Crippen molar-refractivity contribution in [3.8, 4) is 5.75 Å². The minimum absolute atomic E-state index is 0.00630. The predicted octanol–water partition coefficient (Wildman–Crippen LogP) is 3.10. The lowest BCUT2D eigenvalue weighted by Gasteiger charge is -2.12. The quantitative estimate of drug-likeness (QED) is 0.651. The standard InChI is InChI=1S/C13H14F2N4OS/c1-7(21-13-18-10(16)6-11(17)19-13)8-2-4-9(5-3-8)20-12(14)15/h2-7,12H,1H3,(H4,16,17,18,19)/t7-/m1/s1. The third-order valence-electron chi connectivity index (χ3n) is 2.60. The van der Waals surface area contributed by atoms with E-state index in [1.165, 1.54) is 30.0 Å². The van der Waals surface area contributed by atoms with Gasteiger partial charge in [-0.3, -0.25) is 0 Å². The Morgan fingerprint density at radius 1 is 1.10 bits per heavy atom. The number of thioether (sulfide) groups is 1. The molecule has 1 aromatic heterocycles. The molecule has 5 nitrogen and oxygen atoms in total. The summed E-state index contributed by atoms with van der Waals surface area (Å²) in [7, 11) is 0. The van der Waals surface area contributed by atoms with E-state index in [0.29, 0.717) is 16.8 Å². The molecular weight excluding hydrogens is 298 g/mol. The van der Waals surface area contributed by atoms with Crippen molar-refractivity contribution in [1.29, 1.82) is 0 Å². The third-order valence-corrected chi connectivity index (χ3v) is 3.62. The largest absolute Gasteiger partial charge is 0.435 e. The summed E-state index contributed by atoms with van der Waals surface area (Å²) < 4.78 is 28.5. The van der Waals surface area contributed by atoms with Crippen molar-refractivity contribution in [2.75, 3.05) is 11.5 Å². The first-order chi connectivity index (χ1) is 9.94. The molecule has 0 saturated carbocycles. The van der Waals surface area contributed by atoms with Gasteiger partial charge in [0.15, 0.2) is 5.16 Å². The maximum Gasteiger partial charge on any atom is 0.387 e. The van der Waals surface area contributed by atoms with Crippen molar-refractivity contribution < 1.29 is 13.5 Å². The van der Waals surface area contributed by atoms with E-state index in [4.69, 9.17) is 11.5 Å². The van der Waals surface area contributed by atoms with Crippen molar-refractivity contribution in [3.63, 3.8) is 0 Å². The summed E-state index contributed by atoms with van der Waals surface area (Å²) in [6, 6.07) is 7.89. The molecule has 0 radical (unpaired) electrons. The molecule has 0 aliphatic carbocycles. The first kappa shape index (κ1) is 15.3. The molecular formula is C13H14F2N4OS. The van der Waals surface area contributed by atoms with E-state index in [1.54, 1.807) is 12.1 Å². The molecule has 0 fully saturated rings. The van der Waals surface area contributed by atoms with Crippen LogP contribution in [0.3, 0.4) is 0 Å². The number of hydrogen-bond donors (Lipinski definition) is 2. The Labute approximate surface area is 124 Å². The third kappa shape index (κ3) is 4.45. The lowest BCUT2D eigenvalue weighted by atomic mass is 10.2. The topological polar surface area (TPSA) is 87.0 Å². The van der Waals surface area contributed by atoms with Crippen molar-refractivity contribution in [3.05, 3.63) is 35.9 Å². The zero-order valence-corrected chi connectivity index (χ0v) is 12.0. The molecule has 112 valence electrons. The maximum atomic E-state index is 12.1. The Morgan fingerprint density at radius 3 is 2.19 bits per heavy atom. The Kier molecular flexibility index (Phi) is 4.79. The van der Waals surface area contributed by atoms with Gasteiger partial charge in [-0.1, -0.05) is 23.9 Å². The first-order valence-corrected chi connectivity index (χ1v) is 6.93. The van der Waals surface area contributed by atoms with Gasteiger partial charge < -0.3 is 16.2 Å². The van der Waals surface area contributed by atoms with E-state index in [0.717, 1.165) is 5.56 Å². The monoisotopic (exact) mass is 312 g/mol. The summed E-state index contributed by atoms with van der Waals surface area (Å²) in [5.74, 6) is 0.728. The van der Waals surface area contributed by atoms with Gasteiger partial charge >= 0.3 is 6.61 Å². The zero-order valence-electron chi connectivity index (χ0n) is 11.2. The molecule has 8 heteroatoms. The molecule has 21 heavy (non-hydrogen) atoms. The molecule has 1 heterocycles. The van der Waals surface area contributed by atoms with Crippen molar-refractivity contribution in [2.45, 2.75) is 23.9 Å². The van der Waals surface area contributed by atoms with Gasteiger partial charge in [0.2, 0.25) is 0 Å². The molecule has 0 saturated heterocycles. The van der Waals surface area contributed by atoms with E-state index in [2.05, 4.69) is 14.7 Å². The fourth-order valence-corrected chi connectivity index (χ4v) is 2.59. The minimum atomic E-state index is -2.83. The number of halogens is 2. The zero-order chi connectivity index (χ0) is 15.4. The number of ether oxygens (including phenoxy) is 1. The van der Waals surface area contributed by atoms with Crippen LogP contribution >= 0.6 is 11.8 Å². The number of hydrogen-bond acceptors (Lipinski definition) is 6. The van der Waals surface area contributed by atoms with Gasteiger partial charge in [-0.15, -0.1) is 0 Å². The minimum Gasteiger partial charge on any atom is -0.435 e. The second kappa shape index (κ2) is 6.57. The summed E-state index contributed by atoms with van der Waals surface area (Å²) >= 11 is 1.37. The fraction of sp³-hybridized carbons (Fsp3) is 0.231. The Bertz CT molecular complexity index is 589. The Morgan fingerprint density at radius 2 is 1.67 bits per heavy atom. The smallest absolute Gasteiger partial charge is 0.387 e. The van der Waals surface area contributed by atoms with E-state index in [9.17, 15) is 8.78 Å². The van der Waals surface area contributed by atoms with Gasteiger partial charge in [0.1, 0.15) is 17.4 Å². The highest BCUT2D eigenvalue weighted by Crippen LogP contribution is 2.34. The highest BCUT2D eigenvalue weighted by atomic mass is 32.2. The van der Waals surface area contributed by atoms with E-state index in [-0.39, 0.29) is 11.0 Å². The highest BCUT2D eigenvalue weighted by Gasteiger charge is 2.11. The van der Waals surface area contributed by atoms with Gasteiger partial charge in [0.05, 0.1) is 0 Å². The number of nitrogens with two attached hydrogens (primary N) is 2. The molecule has 2 rings (SSSR count). The summed E-state index contributed by atoms with van der Waals surface area (Å²) in [6.45, 7) is -0.887. The number of aromatic nitrogens is 2. The van der Waals surface area contributed by atoms with Gasteiger partial charge in [-0.25, -0.2) is 9.97 Å². The van der Waals surface area contributed by atoms with Gasteiger partial charge in [0.25, 0.3) is 0 Å².